The van der Waals surface area contributed by atoms with E-state index < -0.39 is 29.5 Å². The van der Waals surface area contributed by atoms with Crippen molar-refractivity contribution in [2.24, 2.45) is 17.8 Å². The topological polar surface area (TPSA) is 66.8 Å². The van der Waals surface area contributed by atoms with Gasteiger partial charge in [0.25, 0.3) is 0 Å². The van der Waals surface area contributed by atoms with Crippen LogP contribution in [0.3, 0.4) is 0 Å². The Hall–Kier alpha value is -1.88. The van der Waals surface area contributed by atoms with Crippen LogP contribution >= 0.6 is 0 Å². The summed E-state index contributed by atoms with van der Waals surface area (Å²) in [5.41, 5.74) is 1.76. The van der Waals surface area contributed by atoms with Crippen molar-refractivity contribution < 1.29 is 19.4 Å². The first-order valence-electron chi connectivity index (χ1n) is 8.63. The Morgan fingerprint density at radius 1 is 1.54 bits per heavy atom. The van der Waals surface area contributed by atoms with E-state index in [0.29, 0.717) is 19.0 Å². The molecule has 0 saturated carbocycles. The fraction of sp³-hybridized carbons (Fsp3) is 0.579. The quantitative estimate of drug-likeness (QED) is 0.803. The van der Waals surface area contributed by atoms with Crippen LogP contribution < -0.4 is 0 Å². The van der Waals surface area contributed by atoms with E-state index in [2.05, 4.69) is 19.6 Å². The first kappa shape index (κ1) is 15.6. The number of aliphatic carboxylic acids is 1. The molecular weight excluding hydrogens is 306 g/mol. The van der Waals surface area contributed by atoms with Gasteiger partial charge in [-0.2, -0.15) is 0 Å². The zero-order chi connectivity index (χ0) is 17.1. The summed E-state index contributed by atoms with van der Waals surface area (Å²) in [5, 5.41) is 9.48. The number of nitrogens with zero attached hydrogens (tertiary/aromatic N) is 1. The maximum atomic E-state index is 12.8. The Morgan fingerprint density at radius 2 is 2.33 bits per heavy atom. The number of amides is 1. The van der Waals surface area contributed by atoms with Crippen molar-refractivity contribution >= 4 is 11.9 Å². The normalized spacial score (nSPS) is 40.0. The van der Waals surface area contributed by atoms with Gasteiger partial charge in [0.2, 0.25) is 5.91 Å². The minimum Gasteiger partial charge on any atom is -0.481 e. The largest absolute Gasteiger partial charge is 0.481 e. The lowest BCUT2D eigenvalue weighted by molar-refractivity contribution is -0.148. The second-order valence-electron chi connectivity index (χ2n) is 7.61. The predicted molar refractivity (Wildman–Crippen MR) is 88.2 cm³/mol. The number of carboxylic acids is 1. The van der Waals surface area contributed by atoms with Crippen LogP contribution in [0.25, 0.3) is 0 Å². The molecule has 1 aliphatic carbocycles. The molecule has 3 aliphatic heterocycles. The van der Waals surface area contributed by atoms with Gasteiger partial charge in [0, 0.05) is 6.54 Å². The van der Waals surface area contributed by atoms with E-state index in [0.717, 1.165) is 19.3 Å². The van der Waals surface area contributed by atoms with Gasteiger partial charge in [-0.05, 0) is 32.1 Å². The number of allylic oxidation sites excluding steroid dienone is 2. The second kappa shape index (κ2) is 5.31. The molecule has 0 aromatic rings. The SMILES string of the molecule is C=C(C)[C@@H]1CC=C(CN2C[C@]34C=C[C@H](O3)[C@H](C(=O)O)[C@@H]4C2=O)CC1. The summed E-state index contributed by atoms with van der Waals surface area (Å²) in [4.78, 5) is 26.2. The zero-order valence-corrected chi connectivity index (χ0v) is 13.9. The molecule has 4 aliphatic rings. The summed E-state index contributed by atoms with van der Waals surface area (Å²) in [7, 11) is 0. The van der Waals surface area contributed by atoms with Crippen molar-refractivity contribution in [3.63, 3.8) is 0 Å². The van der Waals surface area contributed by atoms with Crippen molar-refractivity contribution in [3.8, 4) is 0 Å². The lowest BCUT2D eigenvalue weighted by atomic mass is 9.77. The molecule has 1 spiro atoms. The Kier molecular flexibility index (Phi) is 3.46. The molecule has 24 heavy (non-hydrogen) atoms. The summed E-state index contributed by atoms with van der Waals surface area (Å²) in [5.74, 6) is -1.79. The number of carbonyl (C=O) groups excluding carboxylic acids is 1. The first-order chi connectivity index (χ1) is 11.4. The third-order valence-electron chi connectivity index (χ3n) is 6.06. The second-order valence-corrected chi connectivity index (χ2v) is 7.61. The average molecular weight is 329 g/mol. The van der Waals surface area contributed by atoms with E-state index in [9.17, 15) is 14.7 Å². The number of carboxylic acid groups (broad SMARTS) is 1. The van der Waals surface area contributed by atoms with Gasteiger partial charge in [-0.3, -0.25) is 9.59 Å². The number of hydrogen-bond acceptors (Lipinski definition) is 3. The van der Waals surface area contributed by atoms with Crippen LogP contribution in [0.5, 0.6) is 0 Å². The number of carbonyl (C=O) groups is 2. The summed E-state index contributed by atoms with van der Waals surface area (Å²) in [6.07, 6.45) is 8.52. The van der Waals surface area contributed by atoms with Crippen molar-refractivity contribution in [3.05, 3.63) is 36.0 Å². The lowest BCUT2D eigenvalue weighted by Gasteiger charge is -2.26. The van der Waals surface area contributed by atoms with Gasteiger partial charge >= 0.3 is 5.97 Å². The highest BCUT2D eigenvalue weighted by Crippen LogP contribution is 2.52. The van der Waals surface area contributed by atoms with E-state index in [1.165, 1.54) is 11.1 Å². The molecule has 3 heterocycles. The van der Waals surface area contributed by atoms with Crippen molar-refractivity contribution in [2.75, 3.05) is 13.1 Å². The Labute approximate surface area is 141 Å². The molecular formula is C19H23NO4. The number of rotatable bonds is 4. The van der Waals surface area contributed by atoms with Crippen LogP contribution in [-0.4, -0.2) is 46.7 Å². The highest BCUT2D eigenvalue weighted by atomic mass is 16.5. The van der Waals surface area contributed by atoms with E-state index >= 15 is 0 Å². The minimum atomic E-state index is -0.937. The summed E-state index contributed by atoms with van der Waals surface area (Å²) in [6, 6.07) is 0. The fourth-order valence-electron chi connectivity index (χ4n) is 4.72. The van der Waals surface area contributed by atoms with Crippen molar-refractivity contribution in [2.45, 2.75) is 37.9 Å². The predicted octanol–water partition coefficient (Wildman–Crippen LogP) is 2.16. The third-order valence-corrected chi connectivity index (χ3v) is 6.06. The van der Waals surface area contributed by atoms with Gasteiger partial charge in [-0.15, -0.1) is 0 Å². The van der Waals surface area contributed by atoms with Gasteiger partial charge in [0.1, 0.15) is 11.5 Å². The van der Waals surface area contributed by atoms with Crippen LogP contribution in [0.4, 0.5) is 0 Å². The fourth-order valence-corrected chi connectivity index (χ4v) is 4.72. The van der Waals surface area contributed by atoms with Crippen LogP contribution in [0.2, 0.25) is 0 Å². The van der Waals surface area contributed by atoms with Crippen molar-refractivity contribution in [1.82, 2.24) is 4.90 Å². The van der Waals surface area contributed by atoms with Crippen LogP contribution in [0, 0.1) is 17.8 Å². The standard InChI is InChI=1S/C19H23NO4/c1-11(2)13-5-3-12(4-6-13)9-20-10-19-8-7-14(24-19)15(18(22)23)16(19)17(20)21/h3,7-8,13-16H,1,4-6,9-10H2,2H3,(H,22,23)/t13-,14+,15+,16-,19+/m1/s1. The van der Waals surface area contributed by atoms with Crippen molar-refractivity contribution in [1.29, 1.82) is 0 Å². The Balaban J connectivity index is 1.50. The smallest absolute Gasteiger partial charge is 0.310 e. The Morgan fingerprint density at radius 3 is 2.96 bits per heavy atom. The molecule has 2 fully saturated rings. The molecule has 5 heteroatoms. The lowest BCUT2D eigenvalue weighted by Crippen LogP contribution is -2.39. The first-order valence-corrected chi connectivity index (χ1v) is 8.63. The van der Waals surface area contributed by atoms with E-state index in [1.807, 2.05) is 12.2 Å². The third kappa shape index (κ3) is 2.18. The van der Waals surface area contributed by atoms with E-state index in [-0.39, 0.29) is 5.91 Å². The molecule has 1 amide bonds. The Bertz CT molecular complexity index is 679. The molecule has 5 nitrogen and oxygen atoms in total. The molecule has 4 rings (SSSR count). The molecule has 0 radical (unpaired) electrons. The number of likely N-dealkylation sites (tertiary alicyclic amines) is 1. The van der Waals surface area contributed by atoms with Gasteiger partial charge < -0.3 is 14.7 Å². The van der Waals surface area contributed by atoms with Crippen LogP contribution in [-0.2, 0) is 14.3 Å². The van der Waals surface area contributed by atoms with Gasteiger partial charge in [0.05, 0.1) is 18.6 Å². The number of fused-ring (bicyclic) bond motifs is 1. The van der Waals surface area contributed by atoms with E-state index in [4.69, 9.17) is 4.74 Å². The monoisotopic (exact) mass is 329 g/mol. The van der Waals surface area contributed by atoms with Crippen LogP contribution in [0.15, 0.2) is 36.0 Å². The highest BCUT2D eigenvalue weighted by Gasteiger charge is 2.67. The maximum absolute atomic E-state index is 12.8. The molecule has 0 aromatic carbocycles. The molecule has 0 unspecified atom stereocenters. The summed E-state index contributed by atoms with van der Waals surface area (Å²) < 4.78 is 5.91. The molecule has 2 bridgehead atoms. The highest BCUT2D eigenvalue weighted by molar-refractivity contribution is 5.90. The van der Waals surface area contributed by atoms with E-state index in [1.54, 1.807) is 4.90 Å². The average Bonchev–Trinajstić information content (AvgIpc) is 3.16. The van der Waals surface area contributed by atoms with Gasteiger partial charge in [-0.1, -0.05) is 36.0 Å². The molecule has 1 N–H and O–H groups in total. The minimum absolute atomic E-state index is 0.0721. The number of ether oxygens (including phenoxy) is 1. The zero-order valence-electron chi connectivity index (χ0n) is 13.9. The molecule has 128 valence electrons. The van der Waals surface area contributed by atoms with Gasteiger partial charge in [-0.25, -0.2) is 0 Å². The molecule has 5 atom stereocenters. The van der Waals surface area contributed by atoms with Gasteiger partial charge in [0.15, 0.2) is 0 Å². The molecule has 0 aromatic heterocycles. The maximum Gasteiger partial charge on any atom is 0.310 e. The number of hydrogen-bond donors (Lipinski definition) is 1. The summed E-state index contributed by atoms with van der Waals surface area (Å²) >= 11 is 0. The van der Waals surface area contributed by atoms with Crippen LogP contribution in [0.1, 0.15) is 26.2 Å². The molecule has 2 saturated heterocycles. The summed E-state index contributed by atoms with van der Waals surface area (Å²) in [6.45, 7) is 7.16.